The van der Waals surface area contributed by atoms with Gasteiger partial charge in [0.2, 0.25) is 5.91 Å². The lowest BCUT2D eigenvalue weighted by Gasteiger charge is -2.02. The third kappa shape index (κ3) is 1.97. The first-order valence-corrected chi connectivity index (χ1v) is 5.08. The van der Waals surface area contributed by atoms with Gasteiger partial charge in [-0.05, 0) is 30.7 Å². The average Bonchev–Trinajstić information content (AvgIpc) is 2.60. The molecular formula is C11H10ClNO2. The van der Waals surface area contributed by atoms with E-state index in [-0.39, 0.29) is 11.8 Å². The second-order valence-corrected chi connectivity index (χ2v) is 3.58. The van der Waals surface area contributed by atoms with Gasteiger partial charge in [-0.3, -0.25) is 4.79 Å². The molecule has 0 unspecified atom stereocenters. The van der Waals surface area contributed by atoms with E-state index in [1.54, 1.807) is 12.3 Å². The van der Waals surface area contributed by atoms with Crippen molar-refractivity contribution in [3.63, 3.8) is 0 Å². The van der Waals surface area contributed by atoms with Gasteiger partial charge in [-0.1, -0.05) is 0 Å². The zero-order valence-electron chi connectivity index (χ0n) is 8.21. The number of hydrogen-bond donors (Lipinski definition) is 1. The molecule has 1 amide bonds. The van der Waals surface area contributed by atoms with Crippen LogP contribution in [0.25, 0.3) is 11.0 Å². The van der Waals surface area contributed by atoms with Crippen molar-refractivity contribution >= 4 is 34.2 Å². The first kappa shape index (κ1) is 10.1. The van der Waals surface area contributed by atoms with Gasteiger partial charge in [0.05, 0.1) is 6.26 Å². The first-order chi connectivity index (χ1) is 7.20. The molecule has 2 rings (SSSR count). The Bertz CT molecular complexity index is 504. The lowest BCUT2D eigenvalue weighted by molar-refractivity contribution is -0.113. The van der Waals surface area contributed by atoms with Crippen molar-refractivity contribution in [3.8, 4) is 0 Å². The number of nitrogens with one attached hydrogen (secondary N) is 1. The van der Waals surface area contributed by atoms with Crippen LogP contribution in [0, 0.1) is 6.92 Å². The zero-order valence-corrected chi connectivity index (χ0v) is 8.97. The Morgan fingerprint density at radius 1 is 1.53 bits per heavy atom. The third-order valence-corrected chi connectivity index (χ3v) is 2.41. The molecule has 2 aromatic rings. The minimum atomic E-state index is -0.211. The van der Waals surface area contributed by atoms with Crippen LogP contribution in [-0.2, 0) is 4.79 Å². The fourth-order valence-corrected chi connectivity index (χ4v) is 1.50. The monoisotopic (exact) mass is 223 g/mol. The molecule has 4 heteroatoms. The van der Waals surface area contributed by atoms with Crippen LogP contribution < -0.4 is 5.32 Å². The van der Waals surface area contributed by atoms with Crippen LogP contribution in [-0.4, -0.2) is 11.8 Å². The van der Waals surface area contributed by atoms with Gasteiger partial charge in [0.15, 0.2) is 0 Å². The molecule has 1 aromatic carbocycles. The van der Waals surface area contributed by atoms with Crippen LogP contribution in [0.5, 0.6) is 0 Å². The van der Waals surface area contributed by atoms with Gasteiger partial charge < -0.3 is 9.73 Å². The number of carbonyl (C=O) groups is 1. The number of aryl methyl sites for hydroxylation is 1. The molecule has 0 bridgehead atoms. The molecule has 0 aliphatic heterocycles. The number of anilines is 1. The standard InChI is InChI=1S/C11H10ClNO2/c1-7-6-15-10-3-2-8(4-9(7)10)13-11(14)5-12/h2-4,6H,5H2,1H3,(H,13,14). The van der Waals surface area contributed by atoms with Crippen molar-refractivity contribution < 1.29 is 9.21 Å². The molecule has 1 N–H and O–H groups in total. The fraction of sp³-hybridized carbons (Fsp3) is 0.182. The van der Waals surface area contributed by atoms with Crippen LogP contribution in [0.4, 0.5) is 5.69 Å². The normalized spacial score (nSPS) is 10.5. The Labute approximate surface area is 92.0 Å². The van der Waals surface area contributed by atoms with Crippen molar-refractivity contribution in [2.75, 3.05) is 11.2 Å². The Hall–Kier alpha value is -1.48. The van der Waals surface area contributed by atoms with E-state index in [0.717, 1.165) is 22.2 Å². The minimum Gasteiger partial charge on any atom is -0.464 e. The highest BCUT2D eigenvalue weighted by Gasteiger charge is 2.04. The summed E-state index contributed by atoms with van der Waals surface area (Å²) in [5.74, 6) is -0.250. The summed E-state index contributed by atoms with van der Waals surface area (Å²) in [6.07, 6.45) is 1.69. The van der Waals surface area contributed by atoms with Crippen molar-refractivity contribution in [2.45, 2.75) is 6.92 Å². The van der Waals surface area contributed by atoms with Gasteiger partial charge in [0.25, 0.3) is 0 Å². The van der Waals surface area contributed by atoms with Gasteiger partial charge in [-0.2, -0.15) is 0 Å². The van der Waals surface area contributed by atoms with Crippen LogP contribution in [0.3, 0.4) is 0 Å². The molecule has 1 aromatic heterocycles. The number of alkyl halides is 1. The summed E-state index contributed by atoms with van der Waals surface area (Å²) in [5, 5.41) is 3.69. The van der Waals surface area contributed by atoms with Gasteiger partial charge >= 0.3 is 0 Å². The summed E-state index contributed by atoms with van der Waals surface area (Å²) in [7, 11) is 0. The summed E-state index contributed by atoms with van der Waals surface area (Å²) in [5.41, 5.74) is 2.60. The van der Waals surface area contributed by atoms with Crippen LogP contribution in [0.15, 0.2) is 28.9 Å². The molecule has 0 saturated carbocycles. The van der Waals surface area contributed by atoms with Gasteiger partial charge in [0, 0.05) is 11.1 Å². The van der Waals surface area contributed by atoms with Crippen molar-refractivity contribution in [1.29, 1.82) is 0 Å². The van der Waals surface area contributed by atoms with E-state index in [1.165, 1.54) is 0 Å². The lowest BCUT2D eigenvalue weighted by atomic mass is 10.2. The van der Waals surface area contributed by atoms with E-state index < -0.39 is 0 Å². The van der Waals surface area contributed by atoms with Gasteiger partial charge in [0.1, 0.15) is 11.5 Å². The summed E-state index contributed by atoms with van der Waals surface area (Å²) in [6, 6.07) is 5.49. The summed E-state index contributed by atoms with van der Waals surface area (Å²) in [4.78, 5) is 11.1. The molecule has 78 valence electrons. The van der Waals surface area contributed by atoms with Crippen molar-refractivity contribution in [1.82, 2.24) is 0 Å². The minimum absolute atomic E-state index is 0.0393. The van der Waals surface area contributed by atoms with Crippen LogP contribution >= 0.6 is 11.6 Å². The summed E-state index contributed by atoms with van der Waals surface area (Å²) >= 11 is 5.40. The smallest absolute Gasteiger partial charge is 0.239 e. The molecule has 0 spiro atoms. The second kappa shape index (κ2) is 3.95. The molecule has 0 radical (unpaired) electrons. The Morgan fingerprint density at radius 3 is 3.07 bits per heavy atom. The SMILES string of the molecule is Cc1coc2ccc(NC(=O)CCl)cc12. The van der Waals surface area contributed by atoms with E-state index in [1.807, 2.05) is 19.1 Å². The van der Waals surface area contributed by atoms with E-state index in [0.29, 0.717) is 0 Å². The maximum atomic E-state index is 11.1. The predicted molar refractivity (Wildman–Crippen MR) is 60.3 cm³/mol. The zero-order chi connectivity index (χ0) is 10.8. The first-order valence-electron chi connectivity index (χ1n) is 4.54. The molecule has 3 nitrogen and oxygen atoms in total. The summed E-state index contributed by atoms with van der Waals surface area (Å²) in [6.45, 7) is 1.96. The average molecular weight is 224 g/mol. The van der Waals surface area contributed by atoms with E-state index >= 15 is 0 Å². The van der Waals surface area contributed by atoms with Gasteiger partial charge in [-0.25, -0.2) is 0 Å². The largest absolute Gasteiger partial charge is 0.464 e. The Morgan fingerprint density at radius 2 is 2.33 bits per heavy atom. The van der Waals surface area contributed by atoms with Crippen molar-refractivity contribution in [3.05, 3.63) is 30.0 Å². The Kier molecular flexibility index (Phi) is 2.64. The van der Waals surface area contributed by atoms with Crippen molar-refractivity contribution in [2.24, 2.45) is 0 Å². The van der Waals surface area contributed by atoms with Crippen LogP contribution in [0.1, 0.15) is 5.56 Å². The highest BCUT2D eigenvalue weighted by atomic mass is 35.5. The quantitative estimate of drug-likeness (QED) is 0.796. The van der Waals surface area contributed by atoms with E-state index in [4.69, 9.17) is 16.0 Å². The van der Waals surface area contributed by atoms with E-state index in [9.17, 15) is 4.79 Å². The number of carbonyl (C=O) groups excluding carboxylic acids is 1. The van der Waals surface area contributed by atoms with E-state index in [2.05, 4.69) is 5.32 Å². The molecule has 15 heavy (non-hydrogen) atoms. The second-order valence-electron chi connectivity index (χ2n) is 3.31. The highest BCUT2D eigenvalue weighted by molar-refractivity contribution is 6.29. The molecule has 0 fully saturated rings. The number of rotatable bonds is 2. The number of halogens is 1. The molecule has 0 saturated heterocycles. The number of furan rings is 1. The topological polar surface area (TPSA) is 42.2 Å². The molecule has 1 heterocycles. The highest BCUT2D eigenvalue weighted by Crippen LogP contribution is 2.23. The van der Waals surface area contributed by atoms with Gasteiger partial charge in [-0.15, -0.1) is 11.6 Å². The number of amides is 1. The third-order valence-electron chi connectivity index (χ3n) is 2.17. The fourth-order valence-electron chi connectivity index (χ4n) is 1.43. The molecular weight excluding hydrogens is 214 g/mol. The predicted octanol–water partition coefficient (Wildman–Crippen LogP) is 2.92. The molecule has 0 atom stereocenters. The maximum Gasteiger partial charge on any atom is 0.239 e. The molecule has 0 aliphatic carbocycles. The Balaban J connectivity index is 2.37. The number of benzene rings is 1. The van der Waals surface area contributed by atoms with Crippen LogP contribution in [0.2, 0.25) is 0 Å². The number of fused-ring (bicyclic) bond motifs is 1. The molecule has 0 aliphatic rings. The summed E-state index contributed by atoms with van der Waals surface area (Å²) < 4.78 is 5.30. The number of hydrogen-bond acceptors (Lipinski definition) is 2. The maximum absolute atomic E-state index is 11.1. The lowest BCUT2D eigenvalue weighted by Crippen LogP contribution is -2.12.